The third-order valence-electron chi connectivity index (χ3n) is 2.93. The molecule has 1 aromatic rings. The summed E-state index contributed by atoms with van der Waals surface area (Å²) in [5.74, 6) is -0.710. The molecule has 1 heterocycles. The molecule has 96 valence electrons. The van der Waals surface area contributed by atoms with Gasteiger partial charge in [-0.2, -0.15) is 0 Å². The van der Waals surface area contributed by atoms with E-state index in [0.29, 0.717) is 0 Å². The summed E-state index contributed by atoms with van der Waals surface area (Å²) < 4.78 is 0. The average Bonchev–Trinajstić information content (AvgIpc) is 2.69. The lowest BCUT2D eigenvalue weighted by molar-refractivity contribution is -0.147. The van der Waals surface area contributed by atoms with Crippen molar-refractivity contribution >= 4 is 17.3 Å². The third kappa shape index (κ3) is 4.88. The molecule has 0 bridgehead atoms. The van der Waals surface area contributed by atoms with E-state index in [2.05, 4.69) is 29.5 Å². The molecule has 0 atom stereocenters. The molecule has 0 aliphatic heterocycles. The van der Waals surface area contributed by atoms with Crippen molar-refractivity contribution in [1.82, 2.24) is 4.90 Å². The Balaban J connectivity index is 2.25. The number of carboxylic acids is 1. The van der Waals surface area contributed by atoms with Crippen molar-refractivity contribution in [2.75, 3.05) is 13.6 Å². The van der Waals surface area contributed by atoms with E-state index in [1.807, 2.05) is 0 Å². The summed E-state index contributed by atoms with van der Waals surface area (Å²) in [5.41, 5.74) is -0.607. The predicted molar refractivity (Wildman–Crippen MR) is 71.3 cm³/mol. The van der Waals surface area contributed by atoms with Gasteiger partial charge in [0.05, 0.1) is 5.41 Å². The standard InChI is InChI=1S/C13H21NO2S/c1-13(2,12(15)16)7-5-8-14(3)10-11-6-4-9-17-11/h4,6,9H,5,7-8,10H2,1-3H3,(H,15,16). The Morgan fingerprint density at radius 3 is 2.76 bits per heavy atom. The van der Waals surface area contributed by atoms with Crippen LogP contribution in [0.2, 0.25) is 0 Å². The van der Waals surface area contributed by atoms with Crippen molar-refractivity contribution in [3.63, 3.8) is 0 Å². The SMILES string of the molecule is CN(CCCC(C)(C)C(=O)O)Cc1cccs1. The predicted octanol–water partition coefficient (Wildman–Crippen LogP) is 3.07. The molecule has 17 heavy (non-hydrogen) atoms. The molecule has 0 amide bonds. The van der Waals surface area contributed by atoms with E-state index in [1.54, 1.807) is 25.2 Å². The van der Waals surface area contributed by atoms with Crippen molar-refractivity contribution in [3.8, 4) is 0 Å². The Morgan fingerprint density at radius 2 is 2.24 bits per heavy atom. The minimum Gasteiger partial charge on any atom is -0.481 e. The Bertz CT molecular complexity index is 346. The summed E-state index contributed by atoms with van der Waals surface area (Å²) in [6.07, 6.45) is 1.64. The first-order valence-corrected chi connectivity index (χ1v) is 6.74. The van der Waals surface area contributed by atoms with Gasteiger partial charge >= 0.3 is 5.97 Å². The number of rotatable bonds is 7. The van der Waals surface area contributed by atoms with E-state index in [0.717, 1.165) is 25.9 Å². The minimum atomic E-state index is -0.710. The topological polar surface area (TPSA) is 40.5 Å². The van der Waals surface area contributed by atoms with Crippen LogP contribution in [0.5, 0.6) is 0 Å². The van der Waals surface area contributed by atoms with Gasteiger partial charge in [-0.25, -0.2) is 0 Å². The second-order valence-corrected chi connectivity index (χ2v) is 6.14. The van der Waals surface area contributed by atoms with Gasteiger partial charge in [0.1, 0.15) is 0 Å². The van der Waals surface area contributed by atoms with Crippen LogP contribution in [-0.4, -0.2) is 29.6 Å². The first-order chi connectivity index (χ1) is 7.92. The summed E-state index contributed by atoms with van der Waals surface area (Å²) in [5, 5.41) is 11.1. The molecule has 1 N–H and O–H groups in total. The number of thiophene rings is 1. The van der Waals surface area contributed by atoms with Gasteiger partial charge < -0.3 is 10.0 Å². The highest BCUT2D eigenvalue weighted by molar-refractivity contribution is 7.09. The summed E-state index contributed by atoms with van der Waals surface area (Å²) in [6, 6.07) is 4.18. The fraction of sp³-hybridized carbons (Fsp3) is 0.615. The molecule has 4 heteroatoms. The van der Waals surface area contributed by atoms with E-state index in [1.165, 1.54) is 4.88 Å². The lowest BCUT2D eigenvalue weighted by atomic mass is 9.88. The Kier molecular flexibility index (Phi) is 5.15. The van der Waals surface area contributed by atoms with Gasteiger partial charge in [0.15, 0.2) is 0 Å². The maximum absolute atomic E-state index is 10.9. The highest BCUT2D eigenvalue weighted by atomic mass is 32.1. The number of carboxylic acid groups (broad SMARTS) is 1. The lowest BCUT2D eigenvalue weighted by Crippen LogP contribution is -2.26. The second kappa shape index (κ2) is 6.17. The summed E-state index contributed by atoms with van der Waals surface area (Å²) in [7, 11) is 2.08. The average molecular weight is 255 g/mol. The molecular formula is C13H21NO2S. The smallest absolute Gasteiger partial charge is 0.309 e. The Labute approximate surface area is 107 Å². The molecule has 0 saturated heterocycles. The quantitative estimate of drug-likeness (QED) is 0.814. The second-order valence-electron chi connectivity index (χ2n) is 5.11. The molecule has 0 aliphatic rings. The van der Waals surface area contributed by atoms with Gasteiger partial charge in [-0.05, 0) is 51.7 Å². The van der Waals surface area contributed by atoms with E-state index < -0.39 is 11.4 Å². The first-order valence-electron chi connectivity index (χ1n) is 5.86. The van der Waals surface area contributed by atoms with Crippen molar-refractivity contribution in [2.24, 2.45) is 5.41 Å². The fourth-order valence-electron chi connectivity index (χ4n) is 1.65. The first kappa shape index (κ1) is 14.2. The van der Waals surface area contributed by atoms with Gasteiger partial charge in [0, 0.05) is 11.4 Å². The number of hydrogen-bond acceptors (Lipinski definition) is 3. The van der Waals surface area contributed by atoms with Gasteiger partial charge in [0.25, 0.3) is 0 Å². The zero-order chi connectivity index (χ0) is 12.9. The molecular weight excluding hydrogens is 234 g/mol. The molecule has 0 fully saturated rings. The van der Waals surface area contributed by atoms with Crippen LogP contribution in [-0.2, 0) is 11.3 Å². The van der Waals surface area contributed by atoms with Crippen LogP contribution in [0.1, 0.15) is 31.6 Å². The molecule has 0 saturated carbocycles. The number of nitrogens with zero attached hydrogens (tertiary/aromatic N) is 1. The van der Waals surface area contributed by atoms with Crippen molar-refractivity contribution in [1.29, 1.82) is 0 Å². The summed E-state index contributed by atoms with van der Waals surface area (Å²) >= 11 is 1.76. The summed E-state index contributed by atoms with van der Waals surface area (Å²) in [6.45, 7) is 5.46. The van der Waals surface area contributed by atoms with Crippen LogP contribution < -0.4 is 0 Å². The maximum Gasteiger partial charge on any atom is 0.309 e. The van der Waals surface area contributed by atoms with E-state index in [4.69, 9.17) is 5.11 Å². The molecule has 0 aromatic carbocycles. The maximum atomic E-state index is 10.9. The number of hydrogen-bond donors (Lipinski definition) is 1. The largest absolute Gasteiger partial charge is 0.481 e. The van der Waals surface area contributed by atoms with Crippen molar-refractivity contribution in [3.05, 3.63) is 22.4 Å². The van der Waals surface area contributed by atoms with Crippen LogP contribution in [0.3, 0.4) is 0 Å². The molecule has 0 radical (unpaired) electrons. The third-order valence-corrected chi connectivity index (χ3v) is 3.79. The van der Waals surface area contributed by atoms with Crippen LogP contribution in [0.4, 0.5) is 0 Å². The normalized spacial score (nSPS) is 12.0. The Hall–Kier alpha value is -0.870. The monoisotopic (exact) mass is 255 g/mol. The minimum absolute atomic E-state index is 0.607. The highest BCUT2D eigenvalue weighted by Crippen LogP contribution is 2.22. The molecule has 0 aliphatic carbocycles. The van der Waals surface area contributed by atoms with Crippen LogP contribution in [0, 0.1) is 5.41 Å². The van der Waals surface area contributed by atoms with Crippen LogP contribution >= 0.6 is 11.3 Å². The number of carbonyl (C=O) groups is 1. The van der Waals surface area contributed by atoms with E-state index >= 15 is 0 Å². The van der Waals surface area contributed by atoms with E-state index in [-0.39, 0.29) is 0 Å². The van der Waals surface area contributed by atoms with Crippen LogP contribution in [0.25, 0.3) is 0 Å². The van der Waals surface area contributed by atoms with Gasteiger partial charge in [-0.15, -0.1) is 11.3 Å². The molecule has 0 unspecified atom stereocenters. The van der Waals surface area contributed by atoms with Gasteiger partial charge in [-0.3, -0.25) is 4.79 Å². The van der Waals surface area contributed by atoms with Crippen molar-refractivity contribution in [2.45, 2.75) is 33.2 Å². The zero-order valence-electron chi connectivity index (χ0n) is 10.8. The fourth-order valence-corrected chi connectivity index (χ4v) is 2.43. The van der Waals surface area contributed by atoms with E-state index in [9.17, 15) is 4.79 Å². The van der Waals surface area contributed by atoms with Gasteiger partial charge in [0.2, 0.25) is 0 Å². The zero-order valence-corrected chi connectivity index (χ0v) is 11.6. The molecule has 1 rings (SSSR count). The van der Waals surface area contributed by atoms with Crippen molar-refractivity contribution < 1.29 is 9.90 Å². The Morgan fingerprint density at radius 1 is 1.53 bits per heavy atom. The van der Waals surface area contributed by atoms with Crippen LogP contribution in [0.15, 0.2) is 17.5 Å². The molecule has 0 spiro atoms. The van der Waals surface area contributed by atoms with Gasteiger partial charge in [-0.1, -0.05) is 6.07 Å². The molecule has 3 nitrogen and oxygen atoms in total. The molecule has 1 aromatic heterocycles. The summed E-state index contributed by atoms with van der Waals surface area (Å²) in [4.78, 5) is 14.5. The number of aliphatic carboxylic acids is 1. The lowest BCUT2D eigenvalue weighted by Gasteiger charge is -2.21. The highest BCUT2D eigenvalue weighted by Gasteiger charge is 2.26.